The summed E-state index contributed by atoms with van der Waals surface area (Å²) in [5.74, 6) is 1.83. The molecule has 0 heterocycles. The molecule has 1 heteroatoms. The first-order valence-corrected chi connectivity index (χ1v) is 5.98. The number of rotatable bonds is 5. The van der Waals surface area contributed by atoms with Crippen LogP contribution in [0.2, 0.25) is 0 Å². The van der Waals surface area contributed by atoms with Crippen LogP contribution in [0.5, 0.6) is 5.75 Å². The first-order chi connectivity index (χ1) is 7.76. The molecule has 0 N–H and O–H groups in total. The van der Waals surface area contributed by atoms with Gasteiger partial charge in [-0.2, -0.15) is 0 Å². The van der Waals surface area contributed by atoms with Gasteiger partial charge in [0.25, 0.3) is 0 Å². The molecule has 2 rings (SSSR count). The van der Waals surface area contributed by atoms with Gasteiger partial charge in [0.05, 0.1) is 6.61 Å². The van der Waals surface area contributed by atoms with E-state index >= 15 is 0 Å². The van der Waals surface area contributed by atoms with Gasteiger partial charge in [-0.1, -0.05) is 18.2 Å². The second-order valence-corrected chi connectivity index (χ2v) is 4.35. The molecular weight excluding hydrogens is 196 g/mol. The average molecular weight is 215 g/mol. The zero-order valence-corrected chi connectivity index (χ0v) is 9.91. The van der Waals surface area contributed by atoms with Crippen molar-refractivity contribution in [2.45, 2.75) is 31.6 Å². The predicted molar refractivity (Wildman–Crippen MR) is 67.9 cm³/mol. The highest BCUT2D eigenvalue weighted by Crippen LogP contribution is 2.42. The summed E-state index contributed by atoms with van der Waals surface area (Å²) in [5, 5.41) is 0. The number of allylic oxidation sites excluding steroid dienone is 1. The predicted octanol–water partition coefficient (Wildman–Crippen LogP) is 4.07. The summed E-state index contributed by atoms with van der Waals surface area (Å²) in [6.07, 6.45) is 4.52. The number of hydrogen-bond acceptors (Lipinski definition) is 1. The van der Waals surface area contributed by atoms with Crippen molar-refractivity contribution in [2.75, 3.05) is 6.61 Å². The molecule has 1 unspecified atom stereocenters. The summed E-state index contributed by atoms with van der Waals surface area (Å²) in [5.41, 5.74) is 2.59. The zero-order valence-electron chi connectivity index (χ0n) is 9.91. The Morgan fingerprint density at radius 3 is 2.81 bits per heavy atom. The molecule has 1 radical (unpaired) electrons. The van der Waals surface area contributed by atoms with Gasteiger partial charge >= 0.3 is 0 Å². The molecule has 0 saturated heterocycles. The maximum Gasteiger partial charge on any atom is 0.123 e. The summed E-state index contributed by atoms with van der Waals surface area (Å²) >= 11 is 0. The standard InChI is InChI=1S/C15H19O/c1-4-11(3)14-10-13(12-6-7-12)8-9-15(14)16-5-2/h4,8-12H,1,3,5-7H2,2H3. The smallest absolute Gasteiger partial charge is 0.123 e. The SMILES string of the molecule is [CH2]C(C=C)c1cc(C2CC2)ccc1OCC. The second-order valence-electron chi connectivity index (χ2n) is 4.35. The highest BCUT2D eigenvalue weighted by molar-refractivity contribution is 5.43. The van der Waals surface area contributed by atoms with Crippen LogP contribution >= 0.6 is 0 Å². The quantitative estimate of drug-likeness (QED) is 0.673. The van der Waals surface area contributed by atoms with E-state index in [2.05, 4.69) is 31.7 Å². The van der Waals surface area contributed by atoms with Gasteiger partial charge in [0.1, 0.15) is 5.75 Å². The van der Waals surface area contributed by atoms with Gasteiger partial charge in [0.15, 0.2) is 0 Å². The van der Waals surface area contributed by atoms with Crippen molar-refractivity contribution in [2.24, 2.45) is 0 Å². The van der Waals surface area contributed by atoms with Crippen molar-refractivity contribution < 1.29 is 4.74 Å². The summed E-state index contributed by atoms with van der Waals surface area (Å²) in [6.45, 7) is 10.6. The summed E-state index contributed by atoms with van der Waals surface area (Å²) in [7, 11) is 0. The summed E-state index contributed by atoms with van der Waals surface area (Å²) in [4.78, 5) is 0. The largest absolute Gasteiger partial charge is 0.494 e. The van der Waals surface area contributed by atoms with E-state index in [9.17, 15) is 0 Å². The van der Waals surface area contributed by atoms with Gasteiger partial charge < -0.3 is 4.74 Å². The van der Waals surface area contributed by atoms with Crippen LogP contribution in [0.15, 0.2) is 30.9 Å². The third-order valence-electron chi connectivity index (χ3n) is 3.07. The Kier molecular flexibility index (Phi) is 3.33. The first-order valence-electron chi connectivity index (χ1n) is 5.98. The van der Waals surface area contributed by atoms with Crippen molar-refractivity contribution in [1.29, 1.82) is 0 Å². The van der Waals surface area contributed by atoms with Crippen molar-refractivity contribution >= 4 is 0 Å². The van der Waals surface area contributed by atoms with E-state index in [4.69, 9.17) is 4.74 Å². The molecular formula is C15H19O. The zero-order chi connectivity index (χ0) is 11.5. The summed E-state index contributed by atoms with van der Waals surface area (Å²) < 4.78 is 5.63. The molecule has 1 saturated carbocycles. The van der Waals surface area contributed by atoms with Crippen LogP contribution in [0.25, 0.3) is 0 Å². The molecule has 0 bridgehead atoms. The van der Waals surface area contributed by atoms with Gasteiger partial charge in [-0.15, -0.1) is 6.58 Å². The Balaban J connectivity index is 2.33. The molecule has 0 spiro atoms. The molecule has 85 valence electrons. The minimum atomic E-state index is 0.111. The maximum atomic E-state index is 5.63. The Morgan fingerprint density at radius 1 is 1.50 bits per heavy atom. The molecule has 0 amide bonds. The molecule has 1 aromatic rings. The van der Waals surface area contributed by atoms with Crippen molar-refractivity contribution in [3.05, 3.63) is 48.9 Å². The monoisotopic (exact) mass is 215 g/mol. The topological polar surface area (TPSA) is 9.23 Å². The lowest BCUT2D eigenvalue weighted by Crippen LogP contribution is -2.00. The fourth-order valence-electron chi connectivity index (χ4n) is 1.94. The van der Waals surface area contributed by atoms with Crippen LogP contribution in [-0.2, 0) is 0 Å². The normalized spacial score (nSPS) is 16.9. The van der Waals surface area contributed by atoms with Crippen LogP contribution in [0, 0.1) is 6.92 Å². The molecule has 16 heavy (non-hydrogen) atoms. The average Bonchev–Trinajstić information content (AvgIpc) is 3.13. The van der Waals surface area contributed by atoms with Crippen molar-refractivity contribution in [1.82, 2.24) is 0 Å². The molecule has 1 atom stereocenters. The van der Waals surface area contributed by atoms with Crippen LogP contribution in [-0.4, -0.2) is 6.61 Å². The van der Waals surface area contributed by atoms with Crippen LogP contribution in [0.1, 0.15) is 42.7 Å². The van der Waals surface area contributed by atoms with Gasteiger partial charge in [0.2, 0.25) is 0 Å². The molecule has 1 fully saturated rings. The molecule has 1 aromatic carbocycles. The molecule has 0 aromatic heterocycles. The lowest BCUT2D eigenvalue weighted by atomic mass is 9.96. The van der Waals surface area contributed by atoms with Crippen molar-refractivity contribution in [3.8, 4) is 5.75 Å². The van der Waals surface area contributed by atoms with E-state index in [0.717, 1.165) is 11.7 Å². The number of benzene rings is 1. The fourth-order valence-corrected chi connectivity index (χ4v) is 1.94. The van der Waals surface area contributed by atoms with E-state index in [1.165, 1.54) is 24.0 Å². The molecule has 1 aliphatic carbocycles. The minimum absolute atomic E-state index is 0.111. The van der Waals surface area contributed by atoms with Gasteiger partial charge in [0, 0.05) is 11.5 Å². The van der Waals surface area contributed by atoms with Gasteiger partial charge in [-0.05, 0) is 44.2 Å². The number of hydrogen-bond donors (Lipinski definition) is 0. The van der Waals surface area contributed by atoms with E-state index in [0.29, 0.717) is 6.61 Å². The Bertz CT molecular complexity index is 377. The fraction of sp³-hybridized carbons (Fsp3) is 0.400. The van der Waals surface area contributed by atoms with Crippen LogP contribution < -0.4 is 4.74 Å². The van der Waals surface area contributed by atoms with E-state index in [-0.39, 0.29) is 5.92 Å². The highest BCUT2D eigenvalue weighted by atomic mass is 16.5. The maximum absolute atomic E-state index is 5.63. The molecule has 1 nitrogen and oxygen atoms in total. The third kappa shape index (κ3) is 2.29. The van der Waals surface area contributed by atoms with Gasteiger partial charge in [-0.3, -0.25) is 0 Å². The number of ether oxygens (including phenoxy) is 1. The first kappa shape index (κ1) is 11.3. The lowest BCUT2D eigenvalue weighted by molar-refractivity contribution is 0.336. The van der Waals surface area contributed by atoms with Crippen LogP contribution in [0.4, 0.5) is 0 Å². The van der Waals surface area contributed by atoms with Crippen LogP contribution in [0.3, 0.4) is 0 Å². The lowest BCUT2D eigenvalue weighted by Gasteiger charge is -2.15. The third-order valence-corrected chi connectivity index (χ3v) is 3.07. The van der Waals surface area contributed by atoms with Gasteiger partial charge in [-0.25, -0.2) is 0 Å². The summed E-state index contributed by atoms with van der Waals surface area (Å²) in [6, 6.07) is 6.50. The highest BCUT2D eigenvalue weighted by Gasteiger charge is 2.24. The molecule has 0 aliphatic heterocycles. The Labute approximate surface area is 98.1 Å². The molecule has 1 aliphatic rings. The van der Waals surface area contributed by atoms with Crippen molar-refractivity contribution in [3.63, 3.8) is 0 Å². The van der Waals surface area contributed by atoms with E-state index in [1.807, 2.05) is 13.0 Å². The Hall–Kier alpha value is -1.24. The van der Waals surface area contributed by atoms with E-state index in [1.54, 1.807) is 0 Å². The second kappa shape index (κ2) is 4.73. The Morgan fingerprint density at radius 2 is 2.25 bits per heavy atom. The van der Waals surface area contributed by atoms with E-state index < -0.39 is 0 Å². The minimum Gasteiger partial charge on any atom is -0.494 e.